The minimum Gasteiger partial charge on any atom is -0.469 e. The second-order valence-corrected chi connectivity index (χ2v) is 8.04. The third-order valence-corrected chi connectivity index (χ3v) is 5.97. The topological polar surface area (TPSA) is 63.7 Å². The van der Waals surface area contributed by atoms with Gasteiger partial charge in [-0.25, -0.2) is 8.42 Å². The fourth-order valence-electron chi connectivity index (χ4n) is 3.04. The van der Waals surface area contributed by atoms with Crippen LogP contribution in [-0.2, 0) is 19.4 Å². The summed E-state index contributed by atoms with van der Waals surface area (Å²) < 4.78 is 29.9. The van der Waals surface area contributed by atoms with Crippen LogP contribution in [0, 0.1) is 6.92 Å². The highest BCUT2D eigenvalue weighted by Gasteiger charge is 2.26. The molecule has 0 aromatic heterocycles. The van der Waals surface area contributed by atoms with Crippen molar-refractivity contribution < 1.29 is 17.9 Å². The molecule has 1 aliphatic rings. The Kier molecular flexibility index (Phi) is 6.04. The van der Waals surface area contributed by atoms with Crippen molar-refractivity contribution in [3.63, 3.8) is 0 Å². The molecule has 0 N–H and O–H groups in total. The molecule has 1 aromatic carbocycles. The molecule has 1 saturated heterocycles. The molecule has 0 aliphatic carbocycles. The average molecular weight is 351 g/mol. The number of esters is 1. The average Bonchev–Trinajstić information content (AvgIpc) is 2.55. The number of carbonyl (C=O) groups excluding carboxylic acids is 1. The van der Waals surface area contributed by atoms with Gasteiger partial charge in [-0.2, -0.15) is 0 Å². The monoisotopic (exact) mass is 351 g/mol. The van der Waals surface area contributed by atoms with Crippen molar-refractivity contribution in [2.24, 2.45) is 0 Å². The second-order valence-electron chi connectivity index (χ2n) is 6.24. The van der Waals surface area contributed by atoms with Crippen LogP contribution < -0.4 is 0 Å². The lowest BCUT2D eigenvalue weighted by molar-refractivity contribution is -0.142. The van der Waals surface area contributed by atoms with Crippen molar-refractivity contribution >= 4 is 15.8 Å². The van der Waals surface area contributed by atoms with Crippen molar-refractivity contribution in [3.05, 3.63) is 40.9 Å². The van der Waals surface area contributed by atoms with Crippen molar-refractivity contribution in [3.8, 4) is 0 Å². The molecule has 24 heavy (non-hydrogen) atoms. The number of hydrogen-bond donors (Lipinski definition) is 0. The first-order chi connectivity index (χ1) is 11.3. The lowest BCUT2D eigenvalue weighted by Gasteiger charge is -2.37. The number of ether oxygens (including phenoxy) is 1. The maximum Gasteiger partial charge on any atom is 0.307 e. The first kappa shape index (κ1) is 18.5. The molecule has 1 atom stereocenters. The van der Waals surface area contributed by atoms with Gasteiger partial charge in [-0.05, 0) is 45.2 Å². The molecule has 5 nitrogen and oxygen atoms in total. The van der Waals surface area contributed by atoms with Crippen LogP contribution in [0.15, 0.2) is 40.3 Å². The zero-order valence-corrected chi connectivity index (χ0v) is 15.3. The Labute approximate surface area is 144 Å². The van der Waals surface area contributed by atoms with E-state index in [1.807, 2.05) is 11.8 Å². The molecule has 0 radical (unpaired) electrons. The summed E-state index contributed by atoms with van der Waals surface area (Å²) in [7, 11) is -2.13. The molecule has 1 aromatic rings. The molecular weight excluding hydrogens is 326 g/mol. The number of sulfone groups is 1. The number of methoxy groups -OCH3 is 1. The van der Waals surface area contributed by atoms with E-state index in [0.29, 0.717) is 5.70 Å². The van der Waals surface area contributed by atoms with Gasteiger partial charge >= 0.3 is 5.97 Å². The smallest absolute Gasteiger partial charge is 0.307 e. The Bertz CT molecular complexity index is 707. The number of carbonyl (C=O) groups is 1. The van der Waals surface area contributed by atoms with Crippen LogP contribution in [0.3, 0.4) is 0 Å². The Hall–Kier alpha value is -1.82. The Morgan fingerprint density at radius 3 is 2.58 bits per heavy atom. The summed E-state index contributed by atoms with van der Waals surface area (Å²) in [6, 6.07) is 6.82. The standard InChI is InChI=1S/C18H25NO4S/c1-14-7-9-17(10-8-14)24(21,22)13-15(2)19-11-5-4-6-16(19)12-18(20)23-3/h7-10,13,16H,4-6,11-12H2,1-3H3/b15-13+. The van der Waals surface area contributed by atoms with Crippen LogP contribution in [0.5, 0.6) is 0 Å². The van der Waals surface area contributed by atoms with E-state index < -0.39 is 9.84 Å². The maximum atomic E-state index is 12.6. The SMILES string of the molecule is COC(=O)CC1CCCCN1/C(C)=C/S(=O)(=O)c1ccc(C)cc1. The molecular formula is C18H25NO4S. The van der Waals surface area contributed by atoms with Crippen molar-refractivity contribution in [1.29, 1.82) is 0 Å². The molecule has 2 rings (SSSR count). The summed E-state index contributed by atoms with van der Waals surface area (Å²) in [6.07, 6.45) is 3.18. The van der Waals surface area contributed by atoms with Crippen molar-refractivity contribution in [1.82, 2.24) is 4.90 Å². The van der Waals surface area contributed by atoms with E-state index in [4.69, 9.17) is 4.74 Å². The lowest BCUT2D eigenvalue weighted by Crippen LogP contribution is -2.39. The number of nitrogens with zero attached hydrogens (tertiary/aromatic N) is 1. The van der Waals surface area contributed by atoms with E-state index in [0.717, 1.165) is 31.4 Å². The molecule has 0 bridgehead atoms. The van der Waals surface area contributed by atoms with Gasteiger partial charge in [-0.3, -0.25) is 4.79 Å². The zero-order chi connectivity index (χ0) is 17.7. The number of benzene rings is 1. The summed E-state index contributed by atoms with van der Waals surface area (Å²) in [4.78, 5) is 13.9. The van der Waals surface area contributed by atoms with E-state index in [1.165, 1.54) is 12.5 Å². The summed E-state index contributed by atoms with van der Waals surface area (Å²) in [5.41, 5.74) is 1.69. The lowest BCUT2D eigenvalue weighted by atomic mass is 9.99. The second kappa shape index (κ2) is 7.83. The van der Waals surface area contributed by atoms with Crippen molar-refractivity contribution in [2.45, 2.75) is 50.5 Å². The van der Waals surface area contributed by atoms with E-state index in [-0.39, 0.29) is 23.3 Å². The summed E-state index contributed by atoms with van der Waals surface area (Å²) in [6.45, 7) is 4.47. The van der Waals surface area contributed by atoms with Gasteiger partial charge < -0.3 is 9.64 Å². The van der Waals surface area contributed by atoms with Crippen LogP contribution in [0.1, 0.15) is 38.2 Å². The number of rotatable bonds is 5. The quantitative estimate of drug-likeness (QED) is 0.763. The Morgan fingerprint density at radius 2 is 1.96 bits per heavy atom. The van der Waals surface area contributed by atoms with Crippen molar-refractivity contribution in [2.75, 3.05) is 13.7 Å². The molecule has 1 aliphatic heterocycles. The third-order valence-electron chi connectivity index (χ3n) is 4.39. The third kappa shape index (κ3) is 4.60. The molecule has 1 unspecified atom stereocenters. The minimum absolute atomic E-state index is 0.00401. The summed E-state index contributed by atoms with van der Waals surface area (Å²) in [5, 5.41) is 1.31. The summed E-state index contributed by atoms with van der Waals surface area (Å²) in [5.74, 6) is -0.263. The van der Waals surface area contributed by atoms with Gasteiger partial charge in [0.2, 0.25) is 9.84 Å². The first-order valence-electron chi connectivity index (χ1n) is 8.17. The molecule has 1 fully saturated rings. The molecule has 132 valence electrons. The number of aryl methyl sites for hydroxylation is 1. The highest BCUT2D eigenvalue weighted by molar-refractivity contribution is 7.94. The fourth-order valence-corrected chi connectivity index (χ4v) is 4.28. The largest absolute Gasteiger partial charge is 0.469 e. The highest BCUT2D eigenvalue weighted by atomic mass is 32.2. The molecule has 6 heteroatoms. The Balaban J connectivity index is 2.23. The van der Waals surface area contributed by atoms with Gasteiger partial charge in [0.25, 0.3) is 0 Å². The van der Waals surface area contributed by atoms with Gasteiger partial charge in [-0.15, -0.1) is 0 Å². The van der Waals surface area contributed by atoms with Crippen LogP contribution in [-0.4, -0.2) is 39.0 Å². The van der Waals surface area contributed by atoms with E-state index in [9.17, 15) is 13.2 Å². The number of likely N-dealkylation sites (tertiary alicyclic amines) is 1. The first-order valence-corrected chi connectivity index (χ1v) is 9.71. The predicted octanol–water partition coefficient (Wildman–Crippen LogP) is 3.05. The number of hydrogen-bond acceptors (Lipinski definition) is 5. The van der Waals surface area contributed by atoms with E-state index >= 15 is 0 Å². The van der Waals surface area contributed by atoms with Gasteiger partial charge in [0.1, 0.15) is 0 Å². The van der Waals surface area contributed by atoms with Gasteiger partial charge in [-0.1, -0.05) is 17.7 Å². The normalized spacial score (nSPS) is 19.2. The summed E-state index contributed by atoms with van der Waals surface area (Å²) >= 11 is 0. The zero-order valence-electron chi connectivity index (χ0n) is 14.5. The highest BCUT2D eigenvalue weighted by Crippen LogP contribution is 2.25. The predicted molar refractivity (Wildman–Crippen MR) is 93.1 cm³/mol. The number of piperidine rings is 1. The van der Waals surface area contributed by atoms with E-state index in [1.54, 1.807) is 31.2 Å². The minimum atomic E-state index is -3.50. The van der Waals surface area contributed by atoms with E-state index in [2.05, 4.69) is 0 Å². The van der Waals surface area contributed by atoms with Crippen LogP contribution >= 0.6 is 0 Å². The maximum absolute atomic E-state index is 12.6. The van der Waals surface area contributed by atoms with Gasteiger partial charge in [0.15, 0.2) is 0 Å². The van der Waals surface area contributed by atoms with Gasteiger partial charge in [0.05, 0.1) is 23.8 Å². The molecule has 0 spiro atoms. The van der Waals surface area contributed by atoms with Crippen LogP contribution in [0.2, 0.25) is 0 Å². The molecule has 0 amide bonds. The van der Waals surface area contributed by atoms with Gasteiger partial charge in [0, 0.05) is 18.3 Å². The molecule has 0 saturated carbocycles. The molecule has 1 heterocycles. The number of allylic oxidation sites excluding steroid dienone is 1. The van der Waals surface area contributed by atoms with Crippen LogP contribution in [0.4, 0.5) is 0 Å². The van der Waals surface area contributed by atoms with Crippen LogP contribution in [0.25, 0.3) is 0 Å². The fraction of sp³-hybridized carbons (Fsp3) is 0.500. The Morgan fingerprint density at radius 1 is 1.29 bits per heavy atom.